The summed E-state index contributed by atoms with van der Waals surface area (Å²) >= 11 is 0. The van der Waals surface area contributed by atoms with E-state index < -0.39 is 5.60 Å². The van der Waals surface area contributed by atoms with Crippen LogP contribution in [0.1, 0.15) is 47.5 Å². The summed E-state index contributed by atoms with van der Waals surface area (Å²) in [6.07, 6.45) is 2.60. The van der Waals surface area contributed by atoms with Gasteiger partial charge in [-0.3, -0.25) is 4.79 Å². The molecule has 0 unspecified atom stereocenters. The molecule has 0 radical (unpaired) electrons. The Morgan fingerprint density at radius 2 is 2.12 bits per heavy atom. The molecule has 1 aliphatic rings. The second-order valence-corrected chi connectivity index (χ2v) is 6.59. The lowest BCUT2D eigenvalue weighted by Crippen LogP contribution is -2.42. The van der Waals surface area contributed by atoms with E-state index in [1.54, 1.807) is 20.1 Å². The van der Waals surface area contributed by atoms with Gasteiger partial charge in [0.25, 0.3) is 5.91 Å². The summed E-state index contributed by atoms with van der Waals surface area (Å²) < 4.78 is 10.3. The highest BCUT2D eigenvalue weighted by atomic mass is 16.5. The predicted octanol–water partition coefficient (Wildman–Crippen LogP) is 2.28. The molecule has 0 aliphatic heterocycles. The van der Waals surface area contributed by atoms with E-state index in [9.17, 15) is 9.90 Å². The number of carbonyl (C=O) groups excluding carboxylic acids is 1. The third-order valence-electron chi connectivity index (χ3n) is 4.11. The SMILES string of the molecule is COc1ccc(C[C@@](C)(O)CNC(=O)c2cc(C3CC3)on2)cc1. The minimum atomic E-state index is -1.06. The Hall–Kier alpha value is -2.34. The maximum absolute atomic E-state index is 12.1. The fraction of sp³-hybridized carbons (Fsp3) is 0.444. The van der Waals surface area contributed by atoms with Crippen molar-refractivity contribution < 1.29 is 19.2 Å². The summed E-state index contributed by atoms with van der Waals surface area (Å²) in [5, 5.41) is 17.0. The van der Waals surface area contributed by atoms with Crippen molar-refractivity contribution in [2.75, 3.05) is 13.7 Å². The van der Waals surface area contributed by atoms with Crippen LogP contribution in [0.3, 0.4) is 0 Å². The van der Waals surface area contributed by atoms with Crippen LogP contribution in [0.25, 0.3) is 0 Å². The van der Waals surface area contributed by atoms with Gasteiger partial charge in [0, 0.05) is 24.9 Å². The molecule has 1 heterocycles. The third kappa shape index (κ3) is 4.14. The van der Waals surface area contributed by atoms with E-state index in [1.165, 1.54) is 0 Å². The smallest absolute Gasteiger partial charge is 0.273 e. The maximum atomic E-state index is 12.1. The van der Waals surface area contributed by atoms with Crippen molar-refractivity contribution in [3.63, 3.8) is 0 Å². The molecule has 24 heavy (non-hydrogen) atoms. The molecule has 0 bridgehead atoms. The molecule has 0 spiro atoms. The quantitative estimate of drug-likeness (QED) is 0.813. The lowest BCUT2D eigenvalue weighted by molar-refractivity contribution is 0.0550. The fourth-order valence-corrected chi connectivity index (χ4v) is 2.56. The van der Waals surface area contributed by atoms with E-state index >= 15 is 0 Å². The largest absolute Gasteiger partial charge is 0.497 e. The van der Waals surface area contributed by atoms with E-state index in [0.717, 1.165) is 29.9 Å². The van der Waals surface area contributed by atoms with Crippen molar-refractivity contribution in [2.45, 2.75) is 37.7 Å². The Bertz CT molecular complexity index is 702. The van der Waals surface area contributed by atoms with Gasteiger partial charge < -0.3 is 19.7 Å². The number of aliphatic hydroxyl groups is 1. The van der Waals surface area contributed by atoms with Crippen molar-refractivity contribution in [3.8, 4) is 5.75 Å². The number of ether oxygens (including phenoxy) is 1. The minimum Gasteiger partial charge on any atom is -0.497 e. The average molecular weight is 330 g/mol. The molecule has 1 saturated carbocycles. The van der Waals surface area contributed by atoms with Crippen LogP contribution in [-0.2, 0) is 6.42 Å². The normalized spacial score (nSPS) is 16.5. The summed E-state index contributed by atoms with van der Waals surface area (Å²) in [5.74, 6) is 1.62. The number of carbonyl (C=O) groups is 1. The Morgan fingerprint density at radius 1 is 1.42 bits per heavy atom. The van der Waals surface area contributed by atoms with Gasteiger partial charge in [-0.15, -0.1) is 0 Å². The number of nitrogens with zero attached hydrogens (tertiary/aromatic N) is 1. The average Bonchev–Trinajstić information content (AvgIpc) is 3.30. The highest BCUT2D eigenvalue weighted by molar-refractivity contribution is 5.92. The van der Waals surface area contributed by atoms with Gasteiger partial charge in [0.05, 0.1) is 12.7 Å². The van der Waals surface area contributed by atoms with E-state index in [4.69, 9.17) is 9.26 Å². The Morgan fingerprint density at radius 3 is 2.75 bits per heavy atom. The van der Waals surface area contributed by atoms with Crippen LogP contribution in [0.5, 0.6) is 5.75 Å². The van der Waals surface area contributed by atoms with Crippen molar-refractivity contribution in [1.82, 2.24) is 10.5 Å². The van der Waals surface area contributed by atoms with Gasteiger partial charge in [0.2, 0.25) is 0 Å². The van der Waals surface area contributed by atoms with E-state index in [1.807, 2.05) is 24.3 Å². The number of amides is 1. The zero-order chi connectivity index (χ0) is 17.2. The van der Waals surface area contributed by atoms with Crippen LogP contribution >= 0.6 is 0 Å². The number of methoxy groups -OCH3 is 1. The van der Waals surface area contributed by atoms with Crippen LogP contribution < -0.4 is 10.1 Å². The molecule has 1 aromatic heterocycles. The second kappa shape index (κ2) is 6.65. The third-order valence-corrected chi connectivity index (χ3v) is 4.11. The molecule has 6 heteroatoms. The van der Waals surface area contributed by atoms with Crippen LogP contribution in [0.15, 0.2) is 34.9 Å². The molecule has 128 valence electrons. The number of hydrogen-bond donors (Lipinski definition) is 2. The molecule has 2 aromatic rings. The van der Waals surface area contributed by atoms with Gasteiger partial charge in [-0.05, 0) is 37.5 Å². The lowest BCUT2D eigenvalue weighted by atomic mass is 9.96. The molecular formula is C18H22N2O4. The van der Waals surface area contributed by atoms with Gasteiger partial charge in [0.1, 0.15) is 11.5 Å². The first-order chi connectivity index (χ1) is 11.5. The molecule has 1 fully saturated rings. The molecule has 1 aliphatic carbocycles. The van der Waals surface area contributed by atoms with Gasteiger partial charge in [-0.1, -0.05) is 17.3 Å². The molecule has 0 saturated heterocycles. The van der Waals surface area contributed by atoms with Gasteiger partial charge in [0.15, 0.2) is 5.69 Å². The summed E-state index contributed by atoms with van der Waals surface area (Å²) in [5.41, 5.74) is 0.164. The van der Waals surface area contributed by atoms with Crippen molar-refractivity contribution in [1.29, 1.82) is 0 Å². The van der Waals surface area contributed by atoms with Gasteiger partial charge in [-0.2, -0.15) is 0 Å². The number of aromatic nitrogens is 1. The predicted molar refractivity (Wildman–Crippen MR) is 88.1 cm³/mol. The zero-order valence-electron chi connectivity index (χ0n) is 13.9. The molecule has 1 amide bonds. The molecule has 3 rings (SSSR count). The van der Waals surface area contributed by atoms with E-state index in [0.29, 0.717) is 12.3 Å². The lowest BCUT2D eigenvalue weighted by Gasteiger charge is -2.23. The van der Waals surface area contributed by atoms with Crippen molar-refractivity contribution in [3.05, 3.63) is 47.3 Å². The first-order valence-electron chi connectivity index (χ1n) is 8.07. The van der Waals surface area contributed by atoms with Crippen LogP contribution in [0.2, 0.25) is 0 Å². The molecular weight excluding hydrogens is 308 g/mol. The maximum Gasteiger partial charge on any atom is 0.273 e. The highest BCUT2D eigenvalue weighted by Crippen LogP contribution is 2.40. The van der Waals surface area contributed by atoms with Crippen molar-refractivity contribution >= 4 is 5.91 Å². The summed E-state index contributed by atoms with van der Waals surface area (Å²) in [6, 6.07) is 9.17. The Labute approximate surface area is 140 Å². The molecule has 2 N–H and O–H groups in total. The second-order valence-electron chi connectivity index (χ2n) is 6.59. The standard InChI is InChI=1S/C18H22N2O4/c1-18(22,10-12-3-7-14(23-2)8-4-12)11-19-17(21)15-9-16(24-20-15)13-5-6-13/h3-4,7-9,13,22H,5-6,10-11H2,1-2H3,(H,19,21)/t18-/m1/s1. The topological polar surface area (TPSA) is 84.6 Å². The van der Waals surface area contributed by atoms with Crippen LogP contribution in [-0.4, -0.2) is 35.4 Å². The van der Waals surface area contributed by atoms with Gasteiger partial charge >= 0.3 is 0 Å². The van der Waals surface area contributed by atoms with Crippen LogP contribution in [0, 0.1) is 0 Å². The summed E-state index contributed by atoms with van der Waals surface area (Å²) in [4.78, 5) is 12.1. The van der Waals surface area contributed by atoms with Crippen molar-refractivity contribution in [2.24, 2.45) is 0 Å². The number of rotatable bonds is 7. The molecule has 6 nitrogen and oxygen atoms in total. The first kappa shape index (κ1) is 16.5. The first-order valence-corrected chi connectivity index (χ1v) is 8.07. The number of benzene rings is 1. The van der Waals surface area contributed by atoms with Crippen LogP contribution in [0.4, 0.5) is 0 Å². The summed E-state index contributed by atoms with van der Waals surface area (Å²) in [6.45, 7) is 1.82. The summed E-state index contributed by atoms with van der Waals surface area (Å²) in [7, 11) is 1.61. The Balaban J connectivity index is 1.53. The number of nitrogens with one attached hydrogen (secondary N) is 1. The molecule has 1 atom stereocenters. The molecule has 1 aromatic carbocycles. The number of hydrogen-bond acceptors (Lipinski definition) is 5. The van der Waals surface area contributed by atoms with E-state index in [2.05, 4.69) is 10.5 Å². The highest BCUT2D eigenvalue weighted by Gasteiger charge is 2.29. The monoisotopic (exact) mass is 330 g/mol. The fourth-order valence-electron chi connectivity index (χ4n) is 2.56. The Kier molecular flexibility index (Phi) is 4.57. The van der Waals surface area contributed by atoms with Gasteiger partial charge in [-0.25, -0.2) is 0 Å². The van der Waals surface area contributed by atoms with E-state index in [-0.39, 0.29) is 18.1 Å². The minimum absolute atomic E-state index is 0.128. The zero-order valence-corrected chi connectivity index (χ0v) is 13.9.